The van der Waals surface area contributed by atoms with E-state index in [4.69, 9.17) is 5.84 Å². The lowest BCUT2D eigenvalue weighted by Crippen LogP contribution is -2.55. The van der Waals surface area contributed by atoms with E-state index in [0.717, 1.165) is 16.0 Å². The van der Waals surface area contributed by atoms with Crippen LogP contribution in [-0.2, 0) is 14.4 Å². The monoisotopic (exact) mass is 576 g/mol. The molecule has 0 aliphatic carbocycles. The number of amides is 4. The largest absolute Gasteiger partial charge is 0.298 e. The summed E-state index contributed by atoms with van der Waals surface area (Å²) in [5.74, 6) is -0.443. The number of Topliss-reactive ketones (excluding diaryl/α,β-unsaturated/α-hetero) is 1. The van der Waals surface area contributed by atoms with Crippen LogP contribution in [0.15, 0.2) is 54.6 Å². The summed E-state index contributed by atoms with van der Waals surface area (Å²) in [6, 6.07) is 14.2. The van der Waals surface area contributed by atoms with Gasteiger partial charge in [-0.3, -0.25) is 39.5 Å². The van der Waals surface area contributed by atoms with Crippen molar-refractivity contribution in [2.75, 3.05) is 6.54 Å². The van der Waals surface area contributed by atoms with Gasteiger partial charge < -0.3 is 0 Å². The van der Waals surface area contributed by atoms with Crippen molar-refractivity contribution in [2.45, 2.75) is 53.4 Å². The lowest BCUT2D eigenvalue weighted by atomic mass is 9.66. The number of hydrogen-bond acceptors (Lipinski definition) is 7. The number of benzene rings is 2. The van der Waals surface area contributed by atoms with Crippen molar-refractivity contribution in [1.29, 1.82) is 0 Å². The zero-order chi connectivity index (χ0) is 31.0. The summed E-state index contributed by atoms with van der Waals surface area (Å²) in [5, 5.41) is 9.71. The molecule has 0 fully saturated rings. The fraction of sp³-hybridized carbons (Fsp3) is 0.406. The highest BCUT2D eigenvalue weighted by molar-refractivity contribution is 6.21. The van der Waals surface area contributed by atoms with Crippen LogP contribution in [0, 0.1) is 30.1 Å². The number of hydrogen-bond donors (Lipinski definition) is 4. The zero-order valence-corrected chi connectivity index (χ0v) is 24.6. The van der Waals surface area contributed by atoms with Crippen LogP contribution in [0.25, 0.3) is 6.08 Å². The first kappa shape index (κ1) is 32.4. The predicted octanol–water partition coefficient (Wildman–Crippen LogP) is 3.82. The summed E-state index contributed by atoms with van der Waals surface area (Å²) in [6.07, 6.45) is 4.16. The fourth-order valence-corrected chi connectivity index (χ4v) is 5.87. The van der Waals surface area contributed by atoms with Crippen molar-refractivity contribution >= 4 is 35.5 Å². The second-order valence-corrected chi connectivity index (χ2v) is 11.3. The van der Waals surface area contributed by atoms with Gasteiger partial charge in [0.25, 0.3) is 11.8 Å². The maximum atomic E-state index is 14.7. The number of carbonyl (C=O) groups is 5. The fourth-order valence-electron chi connectivity index (χ4n) is 5.87. The number of rotatable bonds is 14. The smallest absolute Gasteiger partial charge is 0.261 e. The van der Waals surface area contributed by atoms with E-state index in [0.29, 0.717) is 6.42 Å². The molecule has 4 amide bonds. The van der Waals surface area contributed by atoms with Crippen molar-refractivity contribution in [3.63, 3.8) is 0 Å². The molecule has 10 nitrogen and oxygen atoms in total. The Morgan fingerprint density at radius 1 is 1.02 bits per heavy atom. The van der Waals surface area contributed by atoms with Crippen LogP contribution in [0.1, 0.15) is 78.3 Å². The van der Waals surface area contributed by atoms with Gasteiger partial charge in [-0.2, -0.15) is 0 Å². The third-order valence-electron chi connectivity index (χ3n) is 7.75. The number of carbonyl (C=O) groups excluding carboxylic acids is 5. The molecule has 0 bridgehead atoms. The highest BCUT2D eigenvalue weighted by Gasteiger charge is 2.52. The van der Waals surface area contributed by atoms with E-state index in [2.05, 4.69) is 5.43 Å². The number of nitrogens with zero attached hydrogens (tertiary/aromatic N) is 1. The lowest BCUT2D eigenvalue weighted by Gasteiger charge is -2.37. The van der Waals surface area contributed by atoms with Gasteiger partial charge in [0.2, 0.25) is 11.8 Å². The van der Waals surface area contributed by atoms with E-state index in [9.17, 15) is 29.2 Å². The molecule has 2 aromatic carbocycles. The quantitative estimate of drug-likeness (QED) is 0.0664. The first-order valence-electron chi connectivity index (χ1n) is 14.2. The molecule has 42 heavy (non-hydrogen) atoms. The third-order valence-corrected chi connectivity index (χ3v) is 7.75. The Kier molecular flexibility index (Phi) is 10.9. The first-order chi connectivity index (χ1) is 20.0. The molecule has 0 saturated carbocycles. The molecule has 0 saturated heterocycles. The Hall–Kier alpha value is -4.15. The highest BCUT2D eigenvalue weighted by atomic mass is 16.5. The number of hydroxylamine groups is 1. The minimum Gasteiger partial charge on any atom is -0.298 e. The van der Waals surface area contributed by atoms with Gasteiger partial charge in [-0.15, -0.1) is 0 Å². The highest BCUT2D eigenvalue weighted by Crippen LogP contribution is 2.39. The molecule has 1 aliphatic heterocycles. The van der Waals surface area contributed by atoms with E-state index in [1.165, 1.54) is 0 Å². The lowest BCUT2D eigenvalue weighted by molar-refractivity contribution is -0.151. The van der Waals surface area contributed by atoms with E-state index in [-0.39, 0.29) is 36.3 Å². The van der Waals surface area contributed by atoms with Gasteiger partial charge in [0.15, 0.2) is 5.78 Å². The minimum atomic E-state index is -1.63. The van der Waals surface area contributed by atoms with Gasteiger partial charge >= 0.3 is 0 Å². The predicted molar refractivity (Wildman–Crippen MR) is 158 cm³/mol. The van der Waals surface area contributed by atoms with E-state index in [1.54, 1.807) is 42.8 Å². The van der Waals surface area contributed by atoms with Gasteiger partial charge in [0.1, 0.15) is 5.41 Å². The van der Waals surface area contributed by atoms with Gasteiger partial charge in [-0.1, -0.05) is 81.3 Å². The van der Waals surface area contributed by atoms with Crippen molar-refractivity contribution in [3.8, 4) is 0 Å². The molecule has 0 spiro atoms. The summed E-state index contributed by atoms with van der Waals surface area (Å²) < 4.78 is 0. The van der Waals surface area contributed by atoms with E-state index < -0.39 is 53.2 Å². The number of aryl methyl sites for hydroxylation is 1. The van der Waals surface area contributed by atoms with Crippen LogP contribution in [-0.4, -0.2) is 46.1 Å². The van der Waals surface area contributed by atoms with Crippen LogP contribution in [0.5, 0.6) is 0 Å². The molecular weight excluding hydrogens is 536 g/mol. The Morgan fingerprint density at radius 2 is 1.69 bits per heavy atom. The second-order valence-electron chi connectivity index (χ2n) is 11.3. The van der Waals surface area contributed by atoms with Crippen molar-refractivity contribution < 1.29 is 29.2 Å². The Labute approximate surface area is 246 Å². The molecule has 0 radical (unpaired) electrons. The molecule has 10 heteroatoms. The molecule has 0 aromatic heterocycles. The van der Waals surface area contributed by atoms with Gasteiger partial charge in [-0.25, -0.2) is 11.3 Å². The van der Waals surface area contributed by atoms with Crippen LogP contribution in [0.3, 0.4) is 0 Å². The maximum absolute atomic E-state index is 14.7. The molecule has 3 rings (SSSR count). The van der Waals surface area contributed by atoms with Crippen molar-refractivity contribution in [1.82, 2.24) is 15.8 Å². The van der Waals surface area contributed by atoms with Gasteiger partial charge in [0, 0.05) is 12.5 Å². The van der Waals surface area contributed by atoms with E-state index in [1.807, 2.05) is 51.1 Å². The van der Waals surface area contributed by atoms with Crippen LogP contribution in [0.2, 0.25) is 0 Å². The summed E-state index contributed by atoms with van der Waals surface area (Å²) in [4.78, 5) is 69.0. The first-order valence-corrected chi connectivity index (χ1v) is 14.2. The number of nitrogens with two attached hydrogens (primary N) is 1. The summed E-state index contributed by atoms with van der Waals surface area (Å²) in [6.45, 7) is 6.90. The van der Waals surface area contributed by atoms with Gasteiger partial charge in [0.05, 0.1) is 17.0 Å². The summed E-state index contributed by atoms with van der Waals surface area (Å²) in [7, 11) is 0. The summed E-state index contributed by atoms with van der Waals surface area (Å²) >= 11 is 0. The Morgan fingerprint density at radius 3 is 2.29 bits per heavy atom. The molecular formula is C32H40N4O6. The number of hydrazine groups is 1. The van der Waals surface area contributed by atoms with Crippen LogP contribution in [0.4, 0.5) is 0 Å². The average molecular weight is 577 g/mol. The Balaban J connectivity index is 2.13. The molecule has 1 heterocycles. The number of ketones is 1. The number of imide groups is 1. The minimum absolute atomic E-state index is 0.0197. The molecule has 5 N–H and O–H groups in total. The van der Waals surface area contributed by atoms with Crippen molar-refractivity contribution in [3.05, 3.63) is 76.9 Å². The molecule has 224 valence electrons. The Bertz CT molecular complexity index is 1360. The molecule has 1 aliphatic rings. The molecule has 1 unspecified atom stereocenters. The zero-order valence-electron chi connectivity index (χ0n) is 24.6. The average Bonchev–Trinajstić information content (AvgIpc) is 3.20. The van der Waals surface area contributed by atoms with Crippen molar-refractivity contribution in [2.24, 2.45) is 29.0 Å². The second kappa shape index (κ2) is 14.2. The number of allylic oxidation sites excluding steroid dienone is 1. The third kappa shape index (κ3) is 6.83. The molecule has 3 atom stereocenters. The summed E-state index contributed by atoms with van der Waals surface area (Å²) in [5.41, 5.74) is 4.20. The van der Waals surface area contributed by atoms with Gasteiger partial charge in [-0.05, 0) is 49.8 Å². The van der Waals surface area contributed by atoms with E-state index >= 15 is 0 Å². The maximum Gasteiger partial charge on any atom is 0.261 e. The topological polar surface area (TPSA) is 159 Å². The number of nitrogens with one attached hydrogen (secondary N) is 2. The molecule has 2 aromatic rings. The standard InChI is InChI=1S/C32H40N4O6/c1-5-16-32(18-20(2)3,31(41)34-33)27(37)26(19-36-29(39)24-15-14-21(4)17-25(24)30(36)40)23(28(38)35-42)13-9-12-22-10-7-6-8-11-22/h6-12,14-15,17,20,23,26,42H,5,13,16,18-19,33H2,1-4H3,(H,34,41)(H,35,38)/b12-9+/t23-,26-,32?/m0/s1. The van der Waals surface area contributed by atoms with Crippen LogP contribution < -0.4 is 16.7 Å². The van der Waals surface area contributed by atoms with Crippen LogP contribution >= 0.6 is 0 Å². The normalized spacial score (nSPS) is 15.8. The number of fused-ring (bicyclic) bond motifs is 1. The SMILES string of the molecule is CCCC(CC(C)C)(C(=O)NN)C(=O)[C@@H](CN1C(=O)c2ccc(C)cc2C1=O)[C@H](C/C=C/c1ccccc1)C(=O)NO.